The van der Waals surface area contributed by atoms with E-state index < -0.39 is 16.1 Å². The SMILES string of the molecule is CN1CCN(Cc2ccc3nc(-c4cc(-c5ccncc5)nn(COCC[Si](C)(C)C)c4=O)n(COCC[Si](C)(C)C)c3c2)CC1. The lowest BCUT2D eigenvalue weighted by atomic mass is 10.1. The molecule has 1 aliphatic rings. The van der Waals surface area contributed by atoms with Gasteiger partial charge in [-0.15, -0.1) is 0 Å². The van der Waals surface area contributed by atoms with Crippen LogP contribution in [0.1, 0.15) is 5.56 Å². The molecule has 1 aliphatic heterocycles. The maximum Gasteiger partial charge on any atom is 0.280 e. The topological polar surface area (TPSA) is 90.5 Å². The van der Waals surface area contributed by atoms with Crippen molar-refractivity contribution < 1.29 is 9.47 Å². The van der Waals surface area contributed by atoms with E-state index >= 15 is 0 Å². The first-order valence-electron chi connectivity index (χ1n) is 16.4. The molecule has 248 valence electrons. The van der Waals surface area contributed by atoms with Gasteiger partial charge in [0.2, 0.25) is 0 Å². The van der Waals surface area contributed by atoms with E-state index in [1.54, 1.807) is 12.4 Å². The summed E-state index contributed by atoms with van der Waals surface area (Å²) in [7, 11) is -0.380. The van der Waals surface area contributed by atoms with Gasteiger partial charge < -0.3 is 14.4 Å². The fourth-order valence-electron chi connectivity index (χ4n) is 5.38. The van der Waals surface area contributed by atoms with Crippen LogP contribution in [0.15, 0.2) is 53.6 Å². The lowest BCUT2D eigenvalue weighted by Gasteiger charge is -2.32. The van der Waals surface area contributed by atoms with Crippen LogP contribution in [-0.4, -0.2) is 96.7 Å². The number of ether oxygens (including phenoxy) is 2. The molecule has 1 saturated heterocycles. The Morgan fingerprint density at radius 1 is 0.826 bits per heavy atom. The Morgan fingerprint density at radius 2 is 1.48 bits per heavy atom. The number of hydrogen-bond donors (Lipinski definition) is 0. The fourth-order valence-corrected chi connectivity index (χ4v) is 6.90. The van der Waals surface area contributed by atoms with Gasteiger partial charge in [-0.1, -0.05) is 45.3 Å². The van der Waals surface area contributed by atoms with Crippen LogP contribution in [0, 0.1) is 0 Å². The highest BCUT2D eigenvalue weighted by Crippen LogP contribution is 2.27. The lowest BCUT2D eigenvalue weighted by molar-refractivity contribution is 0.0753. The number of aromatic nitrogens is 5. The normalized spacial score (nSPS) is 15.2. The molecule has 0 bridgehead atoms. The Labute approximate surface area is 275 Å². The molecular formula is C34H51N7O3Si2. The molecule has 0 amide bonds. The van der Waals surface area contributed by atoms with Gasteiger partial charge in [0.15, 0.2) is 0 Å². The molecule has 4 aromatic rings. The molecule has 0 unspecified atom stereocenters. The van der Waals surface area contributed by atoms with Crippen molar-refractivity contribution in [3.05, 3.63) is 64.7 Å². The third-order valence-electron chi connectivity index (χ3n) is 8.43. The van der Waals surface area contributed by atoms with Crippen LogP contribution in [0.3, 0.4) is 0 Å². The second-order valence-corrected chi connectivity index (χ2v) is 26.2. The van der Waals surface area contributed by atoms with Crippen LogP contribution < -0.4 is 5.56 Å². The predicted octanol–water partition coefficient (Wildman–Crippen LogP) is 5.69. The minimum atomic E-state index is -1.28. The number of likely N-dealkylation sites (N-methyl/N-ethyl adjacent to an activating group) is 1. The molecular weight excluding hydrogens is 611 g/mol. The minimum Gasteiger partial charge on any atom is -0.361 e. The van der Waals surface area contributed by atoms with Gasteiger partial charge in [-0.05, 0) is 55.0 Å². The number of piperazine rings is 1. The third-order valence-corrected chi connectivity index (χ3v) is 11.8. The number of fused-ring (bicyclic) bond motifs is 1. The highest BCUT2D eigenvalue weighted by molar-refractivity contribution is 6.76. The van der Waals surface area contributed by atoms with Crippen LogP contribution in [0.5, 0.6) is 0 Å². The standard InChI is InChI=1S/C34H51N7O3Si2/c1-38-14-16-39(17-15-38)24-27-8-9-30-32(22-27)40(25-43-18-20-45(2,3)4)33(36-30)29-23-31(28-10-12-35-13-11-28)37-41(34(29)42)26-44-19-21-46(5,6)7/h8-13,22-23H,14-21,24-26H2,1-7H3. The number of hydrogen-bond acceptors (Lipinski definition) is 8. The molecule has 0 atom stereocenters. The van der Waals surface area contributed by atoms with Crippen LogP contribution in [0.4, 0.5) is 0 Å². The molecule has 1 fully saturated rings. The summed E-state index contributed by atoms with van der Waals surface area (Å²) < 4.78 is 15.8. The van der Waals surface area contributed by atoms with E-state index in [4.69, 9.17) is 19.6 Å². The van der Waals surface area contributed by atoms with Crippen molar-refractivity contribution in [3.63, 3.8) is 0 Å². The molecule has 3 aromatic heterocycles. The van der Waals surface area contributed by atoms with E-state index in [0.717, 1.165) is 61.4 Å². The average Bonchev–Trinajstić information content (AvgIpc) is 3.36. The molecule has 4 heterocycles. The van der Waals surface area contributed by atoms with Crippen molar-refractivity contribution in [1.82, 2.24) is 34.1 Å². The van der Waals surface area contributed by atoms with Crippen molar-refractivity contribution in [3.8, 4) is 22.6 Å². The first-order chi connectivity index (χ1) is 21.9. The van der Waals surface area contributed by atoms with Crippen LogP contribution in [0.25, 0.3) is 33.7 Å². The van der Waals surface area contributed by atoms with Crippen molar-refractivity contribution in [2.75, 3.05) is 46.4 Å². The van der Waals surface area contributed by atoms with E-state index in [0.29, 0.717) is 37.0 Å². The van der Waals surface area contributed by atoms with Gasteiger partial charge in [0.25, 0.3) is 5.56 Å². The minimum absolute atomic E-state index is 0.0807. The van der Waals surface area contributed by atoms with Gasteiger partial charge >= 0.3 is 0 Å². The van der Waals surface area contributed by atoms with Crippen LogP contribution >= 0.6 is 0 Å². The number of pyridine rings is 1. The zero-order valence-corrected chi connectivity index (χ0v) is 30.8. The smallest absolute Gasteiger partial charge is 0.280 e. The average molecular weight is 662 g/mol. The molecule has 0 spiro atoms. The summed E-state index contributed by atoms with van der Waals surface area (Å²) in [5, 5.41) is 4.72. The van der Waals surface area contributed by atoms with Crippen molar-refractivity contribution in [2.24, 2.45) is 0 Å². The molecule has 5 rings (SSSR count). The second kappa shape index (κ2) is 14.8. The van der Waals surface area contributed by atoms with Crippen molar-refractivity contribution in [1.29, 1.82) is 0 Å². The summed E-state index contributed by atoms with van der Waals surface area (Å²) in [6.45, 7) is 20.8. The molecule has 0 saturated carbocycles. The Kier molecular flexibility index (Phi) is 11.1. The maximum absolute atomic E-state index is 14.1. The first-order valence-corrected chi connectivity index (χ1v) is 23.9. The Hall–Kier alpha value is -3.01. The maximum atomic E-state index is 14.1. The zero-order chi connectivity index (χ0) is 32.9. The van der Waals surface area contributed by atoms with Crippen LogP contribution in [0.2, 0.25) is 51.4 Å². The van der Waals surface area contributed by atoms with E-state index in [-0.39, 0.29) is 12.3 Å². The summed E-state index contributed by atoms with van der Waals surface area (Å²) in [5.41, 5.74) is 4.81. The number of benzene rings is 1. The van der Waals surface area contributed by atoms with E-state index in [1.165, 1.54) is 10.2 Å². The Morgan fingerprint density at radius 3 is 2.13 bits per heavy atom. The number of imidazole rings is 1. The molecule has 1 aromatic carbocycles. The summed E-state index contributed by atoms with van der Waals surface area (Å²) in [5.74, 6) is 0.582. The van der Waals surface area contributed by atoms with E-state index in [2.05, 4.69) is 83.9 Å². The van der Waals surface area contributed by atoms with Crippen molar-refractivity contribution in [2.45, 2.75) is 71.4 Å². The quantitative estimate of drug-likeness (QED) is 0.126. The molecule has 0 radical (unpaired) electrons. The summed E-state index contributed by atoms with van der Waals surface area (Å²) in [6.07, 6.45) is 3.47. The Balaban J connectivity index is 1.55. The van der Waals surface area contributed by atoms with Gasteiger partial charge in [-0.2, -0.15) is 5.10 Å². The molecule has 0 N–H and O–H groups in total. The monoisotopic (exact) mass is 661 g/mol. The fraction of sp³-hybridized carbons (Fsp3) is 0.529. The van der Waals surface area contributed by atoms with Gasteiger partial charge in [-0.3, -0.25) is 19.2 Å². The molecule has 0 aliphatic carbocycles. The van der Waals surface area contributed by atoms with Crippen LogP contribution in [-0.2, 0) is 29.5 Å². The first kappa shape index (κ1) is 34.3. The highest BCUT2D eigenvalue weighted by atomic mass is 28.3. The van der Waals surface area contributed by atoms with Gasteiger partial charge in [-0.25, -0.2) is 9.67 Å². The molecule has 46 heavy (non-hydrogen) atoms. The van der Waals surface area contributed by atoms with E-state index in [1.807, 2.05) is 18.2 Å². The summed E-state index contributed by atoms with van der Waals surface area (Å²) in [4.78, 5) is 28.2. The predicted molar refractivity (Wildman–Crippen MR) is 191 cm³/mol. The van der Waals surface area contributed by atoms with E-state index in [9.17, 15) is 4.79 Å². The summed E-state index contributed by atoms with van der Waals surface area (Å²) in [6, 6.07) is 14.2. The highest BCUT2D eigenvalue weighted by Gasteiger charge is 2.22. The van der Waals surface area contributed by atoms with Crippen molar-refractivity contribution >= 4 is 27.2 Å². The number of nitrogens with zero attached hydrogens (tertiary/aromatic N) is 7. The lowest BCUT2D eigenvalue weighted by Crippen LogP contribution is -2.43. The third kappa shape index (κ3) is 9.29. The Bertz CT molecular complexity index is 1650. The molecule has 12 heteroatoms. The number of rotatable bonds is 14. The largest absolute Gasteiger partial charge is 0.361 e. The van der Waals surface area contributed by atoms with Gasteiger partial charge in [0.05, 0.1) is 22.3 Å². The summed E-state index contributed by atoms with van der Waals surface area (Å²) >= 11 is 0. The van der Waals surface area contributed by atoms with Gasteiger partial charge in [0.1, 0.15) is 19.3 Å². The second-order valence-electron chi connectivity index (χ2n) is 14.9. The molecule has 10 nitrogen and oxygen atoms in total. The van der Waals surface area contributed by atoms with Gasteiger partial charge in [0, 0.05) is 80.0 Å². The zero-order valence-electron chi connectivity index (χ0n) is 28.8.